The zero-order chi connectivity index (χ0) is 19.9. The topological polar surface area (TPSA) is 87.6 Å². The number of methoxy groups -OCH3 is 2. The third-order valence-electron chi connectivity index (χ3n) is 4.13. The molecule has 0 fully saturated rings. The summed E-state index contributed by atoms with van der Waals surface area (Å²) in [6.07, 6.45) is 0. The number of carbonyl (C=O) groups is 1. The largest absolute Gasteiger partial charge is 0.493 e. The maximum absolute atomic E-state index is 12.0. The van der Waals surface area contributed by atoms with Crippen molar-refractivity contribution in [2.75, 3.05) is 27.6 Å². The van der Waals surface area contributed by atoms with E-state index in [1.807, 2.05) is 30.3 Å². The van der Waals surface area contributed by atoms with Gasteiger partial charge in [0.15, 0.2) is 29.6 Å². The molecule has 0 radical (unpaired) electrons. The molecule has 1 amide bonds. The normalized spacial score (nSPS) is 12.5. The van der Waals surface area contributed by atoms with Crippen LogP contribution in [0, 0.1) is 0 Å². The first-order chi connectivity index (χ1) is 13.6. The van der Waals surface area contributed by atoms with E-state index in [0.29, 0.717) is 35.3 Å². The fourth-order valence-corrected chi connectivity index (χ4v) is 2.60. The number of hydrogen-bond acceptors (Lipinski definition) is 7. The molecule has 1 aliphatic heterocycles. The highest BCUT2D eigenvalue weighted by Crippen LogP contribution is 2.32. The number of carbonyl (C=O) groups excluding carboxylic acids is 1. The van der Waals surface area contributed by atoms with E-state index >= 15 is 0 Å². The molecule has 28 heavy (non-hydrogen) atoms. The van der Waals surface area contributed by atoms with E-state index in [9.17, 15) is 4.79 Å². The van der Waals surface area contributed by atoms with Crippen LogP contribution in [0.15, 0.2) is 41.6 Å². The molecular weight excluding hydrogens is 364 g/mol. The molecule has 3 rings (SSSR count). The average molecular weight is 386 g/mol. The predicted molar refractivity (Wildman–Crippen MR) is 102 cm³/mol. The molecule has 0 atom stereocenters. The summed E-state index contributed by atoms with van der Waals surface area (Å²) in [6.45, 7) is 2.16. The molecule has 8 heteroatoms. The Hall–Kier alpha value is -3.42. The molecule has 0 bridgehead atoms. The number of fused-ring (bicyclic) bond motifs is 1. The summed E-state index contributed by atoms with van der Waals surface area (Å²) in [6, 6.07) is 10.9. The second kappa shape index (κ2) is 8.98. The Bertz CT molecular complexity index is 881. The quantitative estimate of drug-likeness (QED) is 0.554. The zero-order valence-corrected chi connectivity index (χ0v) is 16.0. The summed E-state index contributed by atoms with van der Waals surface area (Å²) in [5.74, 6) is 2.33. The highest BCUT2D eigenvalue weighted by Gasteiger charge is 2.14. The number of nitrogens with zero attached hydrogens (tertiary/aromatic N) is 1. The van der Waals surface area contributed by atoms with E-state index in [1.54, 1.807) is 27.2 Å². The van der Waals surface area contributed by atoms with Crippen molar-refractivity contribution in [3.05, 3.63) is 47.5 Å². The number of oxime groups is 1. The minimum atomic E-state index is -0.281. The van der Waals surface area contributed by atoms with Crippen LogP contribution in [0.1, 0.15) is 18.1 Å². The molecule has 148 valence electrons. The smallest absolute Gasteiger partial charge is 0.261 e. The fourth-order valence-electron chi connectivity index (χ4n) is 2.60. The highest BCUT2D eigenvalue weighted by molar-refractivity contribution is 5.99. The molecule has 1 aliphatic rings. The molecule has 1 heterocycles. The second-order valence-corrected chi connectivity index (χ2v) is 5.98. The van der Waals surface area contributed by atoms with Gasteiger partial charge in [-0.05, 0) is 42.8 Å². The van der Waals surface area contributed by atoms with Crippen LogP contribution in [0.5, 0.6) is 23.0 Å². The average Bonchev–Trinajstić information content (AvgIpc) is 3.19. The van der Waals surface area contributed by atoms with Crippen LogP contribution in [0.3, 0.4) is 0 Å². The third-order valence-corrected chi connectivity index (χ3v) is 4.13. The van der Waals surface area contributed by atoms with Crippen LogP contribution in [0.2, 0.25) is 0 Å². The Labute approximate surface area is 163 Å². The maximum Gasteiger partial charge on any atom is 0.261 e. The molecular formula is C20H22N2O6. The summed E-state index contributed by atoms with van der Waals surface area (Å²) in [7, 11) is 3.14. The first-order valence-electron chi connectivity index (χ1n) is 8.65. The number of ether oxygens (including phenoxy) is 4. The lowest BCUT2D eigenvalue weighted by Crippen LogP contribution is -2.26. The van der Waals surface area contributed by atoms with Gasteiger partial charge in [-0.2, -0.15) is 0 Å². The van der Waals surface area contributed by atoms with Gasteiger partial charge in [-0.15, -0.1) is 0 Å². The van der Waals surface area contributed by atoms with E-state index in [4.69, 9.17) is 23.8 Å². The number of amides is 1. The zero-order valence-electron chi connectivity index (χ0n) is 16.0. The Morgan fingerprint density at radius 2 is 1.86 bits per heavy atom. The van der Waals surface area contributed by atoms with Crippen molar-refractivity contribution in [1.82, 2.24) is 5.32 Å². The van der Waals surface area contributed by atoms with Crippen LogP contribution < -0.4 is 24.3 Å². The molecule has 1 N–H and O–H groups in total. The van der Waals surface area contributed by atoms with Crippen LogP contribution in [0.4, 0.5) is 0 Å². The van der Waals surface area contributed by atoms with Crippen molar-refractivity contribution in [3.63, 3.8) is 0 Å². The first-order valence-corrected chi connectivity index (χ1v) is 8.65. The Morgan fingerprint density at radius 3 is 2.64 bits per heavy atom. The molecule has 0 unspecified atom stereocenters. The van der Waals surface area contributed by atoms with E-state index in [-0.39, 0.29) is 19.3 Å². The van der Waals surface area contributed by atoms with Crippen molar-refractivity contribution < 1.29 is 28.6 Å². The summed E-state index contributed by atoms with van der Waals surface area (Å²) >= 11 is 0. The summed E-state index contributed by atoms with van der Waals surface area (Å²) in [4.78, 5) is 17.1. The summed E-state index contributed by atoms with van der Waals surface area (Å²) in [5.41, 5.74) is 2.34. The third kappa shape index (κ3) is 4.64. The van der Waals surface area contributed by atoms with Crippen LogP contribution in [0.25, 0.3) is 0 Å². The monoisotopic (exact) mass is 386 g/mol. The molecule has 0 saturated heterocycles. The summed E-state index contributed by atoms with van der Waals surface area (Å²) < 4.78 is 21.1. The van der Waals surface area contributed by atoms with Gasteiger partial charge in [-0.3, -0.25) is 4.79 Å². The van der Waals surface area contributed by atoms with Gasteiger partial charge in [0.25, 0.3) is 5.91 Å². The Balaban J connectivity index is 1.48. The molecule has 0 aromatic heterocycles. The van der Waals surface area contributed by atoms with Crippen molar-refractivity contribution >= 4 is 11.6 Å². The lowest BCUT2D eigenvalue weighted by Gasteiger charge is -2.10. The van der Waals surface area contributed by atoms with Gasteiger partial charge in [0.05, 0.1) is 19.9 Å². The standard InChI is InChI=1S/C20H22N2O6/c1-13(15-5-7-17-19(9-15)27-12-26-17)22-28-11-20(23)21-10-14-4-6-16(24-2)18(8-14)25-3/h4-9H,10-12H2,1-3H3,(H,21,23)/b22-13-. The van der Waals surface area contributed by atoms with Gasteiger partial charge in [-0.1, -0.05) is 11.2 Å². The molecule has 2 aromatic rings. The lowest BCUT2D eigenvalue weighted by atomic mass is 10.1. The predicted octanol–water partition coefficient (Wildman–Crippen LogP) is 2.49. The van der Waals surface area contributed by atoms with E-state index in [0.717, 1.165) is 11.1 Å². The molecule has 0 saturated carbocycles. The first kappa shape index (κ1) is 19.3. The van der Waals surface area contributed by atoms with Gasteiger partial charge in [0.2, 0.25) is 6.79 Å². The highest BCUT2D eigenvalue weighted by atomic mass is 16.7. The summed E-state index contributed by atoms with van der Waals surface area (Å²) in [5, 5.41) is 6.76. The van der Waals surface area contributed by atoms with Crippen molar-refractivity contribution in [2.45, 2.75) is 13.5 Å². The van der Waals surface area contributed by atoms with Gasteiger partial charge in [0.1, 0.15) is 0 Å². The van der Waals surface area contributed by atoms with E-state index < -0.39 is 0 Å². The van der Waals surface area contributed by atoms with E-state index in [2.05, 4.69) is 10.5 Å². The Morgan fingerprint density at radius 1 is 1.07 bits per heavy atom. The van der Waals surface area contributed by atoms with Gasteiger partial charge in [0, 0.05) is 12.1 Å². The van der Waals surface area contributed by atoms with Crippen LogP contribution >= 0.6 is 0 Å². The molecule has 2 aromatic carbocycles. The number of rotatable bonds is 8. The Kier molecular flexibility index (Phi) is 6.21. The van der Waals surface area contributed by atoms with Gasteiger partial charge < -0.3 is 29.1 Å². The van der Waals surface area contributed by atoms with Gasteiger partial charge in [-0.25, -0.2) is 0 Å². The lowest BCUT2D eigenvalue weighted by molar-refractivity contribution is -0.125. The van der Waals surface area contributed by atoms with Crippen molar-refractivity contribution in [3.8, 4) is 23.0 Å². The SMILES string of the molecule is COc1ccc(CNC(=O)CO/N=C(/C)c2ccc3c(c2)OCO3)cc1OC. The number of nitrogens with one attached hydrogen (secondary N) is 1. The fraction of sp³-hybridized carbons (Fsp3) is 0.300. The van der Waals surface area contributed by atoms with Crippen molar-refractivity contribution in [2.24, 2.45) is 5.16 Å². The van der Waals surface area contributed by atoms with Crippen LogP contribution in [-0.2, 0) is 16.2 Å². The number of benzene rings is 2. The minimum absolute atomic E-state index is 0.185. The number of hydrogen-bond donors (Lipinski definition) is 1. The maximum atomic E-state index is 12.0. The second-order valence-electron chi connectivity index (χ2n) is 5.98. The van der Waals surface area contributed by atoms with E-state index in [1.165, 1.54) is 0 Å². The molecule has 0 aliphatic carbocycles. The minimum Gasteiger partial charge on any atom is -0.493 e. The molecule has 8 nitrogen and oxygen atoms in total. The van der Waals surface area contributed by atoms with Gasteiger partial charge >= 0.3 is 0 Å². The van der Waals surface area contributed by atoms with Crippen molar-refractivity contribution in [1.29, 1.82) is 0 Å². The van der Waals surface area contributed by atoms with Crippen LogP contribution in [-0.4, -0.2) is 39.2 Å². The molecule has 0 spiro atoms.